The molecule has 2 amide bonds. The Hall–Kier alpha value is -3.88. The number of nitrogens with one attached hydrogen (secondary N) is 2. The maximum atomic E-state index is 12.6. The van der Waals surface area contributed by atoms with Crippen molar-refractivity contribution in [3.63, 3.8) is 0 Å². The van der Waals surface area contributed by atoms with E-state index >= 15 is 0 Å². The Morgan fingerprint density at radius 3 is 2.55 bits per heavy atom. The zero-order valence-electron chi connectivity index (χ0n) is 16.2. The topological polar surface area (TPSA) is 124 Å². The lowest BCUT2D eigenvalue weighted by Crippen LogP contribution is -2.21. The second-order valence-electron chi connectivity index (χ2n) is 6.28. The molecule has 0 atom stereocenters. The van der Waals surface area contributed by atoms with E-state index in [0.717, 1.165) is 5.56 Å². The van der Waals surface area contributed by atoms with Gasteiger partial charge in [0.05, 0.1) is 12.3 Å². The van der Waals surface area contributed by atoms with Crippen molar-refractivity contribution in [1.29, 1.82) is 0 Å². The molecule has 3 aromatic rings. The molecule has 0 bridgehead atoms. The third kappa shape index (κ3) is 4.89. The quantitative estimate of drug-likeness (QED) is 0.565. The van der Waals surface area contributed by atoms with E-state index in [2.05, 4.69) is 20.9 Å². The number of carbonyl (C=O) groups excluding carboxylic acids is 2. The van der Waals surface area contributed by atoms with Crippen LogP contribution in [0.3, 0.4) is 0 Å². The van der Waals surface area contributed by atoms with Crippen LogP contribution in [0.5, 0.6) is 5.75 Å². The molecule has 9 heteroatoms. The summed E-state index contributed by atoms with van der Waals surface area (Å²) in [4.78, 5) is 24.8. The molecule has 150 valence electrons. The summed E-state index contributed by atoms with van der Waals surface area (Å²) in [5.74, 6) is -0.346. The molecule has 1 heterocycles. The minimum absolute atomic E-state index is 0.00422. The van der Waals surface area contributed by atoms with Crippen molar-refractivity contribution in [3.05, 3.63) is 59.8 Å². The minimum Gasteiger partial charge on any atom is -0.492 e. The highest BCUT2D eigenvalue weighted by molar-refractivity contribution is 6.06. The summed E-state index contributed by atoms with van der Waals surface area (Å²) in [6, 6.07) is 14.4. The highest BCUT2D eigenvalue weighted by atomic mass is 16.5. The number of nitrogens with zero attached hydrogens (tertiary/aromatic N) is 3. The van der Waals surface area contributed by atoms with Crippen LogP contribution in [-0.4, -0.2) is 33.4 Å². The van der Waals surface area contributed by atoms with Crippen LogP contribution < -0.4 is 21.1 Å². The summed E-state index contributed by atoms with van der Waals surface area (Å²) in [6.07, 6.45) is 0. The van der Waals surface area contributed by atoms with Gasteiger partial charge in [-0.1, -0.05) is 35.0 Å². The number of hydrogen-bond acceptors (Lipinski definition) is 6. The zero-order chi connectivity index (χ0) is 20.8. The number of ether oxygens (including phenoxy) is 1. The monoisotopic (exact) mass is 394 g/mol. The summed E-state index contributed by atoms with van der Waals surface area (Å²) in [5, 5.41) is 13.1. The van der Waals surface area contributed by atoms with Gasteiger partial charge in [-0.05, 0) is 38.1 Å². The third-order valence-electron chi connectivity index (χ3n) is 4.05. The molecular weight excluding hydrogens is 372 g/mol. The normalized spacial score (nSPS) is 10.4. The molecule has 3 rings (SSSR count). The van der Waals surface area contributed by atoms with Crippen molar-refractivity contribution >= 4 is 29.0 Å². The number of amides is 2. The van der Waals surface area contributed by atoms with Gasteiger partial charge in [-0.3, -0.25) is 9.59 Å². The summed E-state index contributed by atoms with van der Waals surface area (Å²) in [5.41, 5.74) is 8.15. The van der Waals surface area contributed by atoms with Gasteiger partial charge in [0, 0.05) is 5.69 Å². The predicted molar refractivity (Wildman–Crippen MR) is 110 cm³/mol. The van der Waals surface area contributed by atoms with Crippen molar-refractivity contribution in [2.24, 2.45) is 0 Å². The number of benzene rings is 2. The van der Waals surface area contributed by atoms with E-state index < -0.39 is 5.91 Å². The Kier molecular flexibility index (Phi) is 6.08. The smallest absolute Gasteiger partial charge is 0.280 e. The first-order chi connectivity index (χ1) is 14.0. The molecule has 0 aliphatic rings. The van der Waals surface area contributed by atoms with Crippen LogP contribution in [0.25, 0.3) is 0 Å². The summed E-state index contributed by atoms with van der Waals surface area (Å²) in [7, 11) is 0. The number of rotatable bonds is 7. The first-order valence-corrected chi connectivity index (χ1v) is 9.06. The van der Waals surface area contributed by atoms with Crippen LogP contribution in [-0.2, 0) is 11.3 Å². The van der Waals surface area contributed by atoms with Gasteiger partial charge in [0.25, 0.3) is 5.91 Å². The van der Waals surface area contributed by atoms with Gasteiger partial charge in [-0.25, -0.2) is 4.68 Å². The average Bonchev–Trinajstić information content (AvgIpc) is 3.06. The Bertz CT molecular complexity index is 1010. The van der Waals surface area contributed by atoms with E-state index in [1.807, 2.05) is 26.0 Å². The largest absolute Gasteiger partial charge is 0.492 e. The van der Waals surface area contributed by atoms with Crippen molar-refractivity contribution in [3.8, 4) is 5.75 Å². The van der Waals surface area contributed by atoms with E-state index in [1.165, 1.54) is 4.68 Å². The molecule has 29 heavy (non-hydrogen) atoms. The lowest BCUT2D eigenvalue weighted by molar-refractivity contribution is -0.116. The van der Waals surface area contributed by atoms with Gasteiger partial charge in [0.15, 0.2) is 11.5 Å². The number of nitrogens with two attached hydrogens (primary N) is 1. The van der Waals surface area contributed by atoms with E-state index in [9.17, 15) is 9.59 Å². The molecule has 0 spiro atoms. The fraction of sp³-hybridized carbons (Fsp3) is 0.200. The van der Waals surface area contributed by atoms with Crippen molar-refractivity contribution in [2.75, 3.05) is 23.0 Å². The molecule has 0 fully saturated rings. The highest BCUT2D eigenvalue weighted by Crippen LogP contribution is 2.24. The summed E-state index contributed by atoms with van der Waals surface area (Å²) in [6.45, 7) is 4.10. The fourth-order valence-electron chi connectivity index (χ4n) is 2.61. The lowest BCUT2D eigenvalue weighted by atomic mass is 10.2. The van der Waals surface area contributed by atoms with Gasteiger partial charge in [-0.2, -0.15) is 0 Å². The Labute approximate surface area is 167 Å². The number of aromatic nitrogens is 3. The molecule has 4 N–H and O–H groups in total. The van der Waals surface area contributed by atoms with Crippen LogP contribution in [0, 0.1) is 6.92 Å². The van der Waals surface area contributed by atoms with Crippen LogP contribution >= 0.6 is 0 Å². The van der Waals surface area contributed by atoms with Crippen LogP contribution in [0.4, 0.5) is 17.2 Å². The standard InChI is InChI=1S/C20H22N6O3/c1-3-29-16-7-5-4-6-15(16)23-20(28)18-19(21)26(25-24-18)12-17(27)22-14-10-8-13(2)9-11-14/h4-11H,3,12,21H2,1-2H3,(H,22,27)(H,23,28). The van der Waals surface area contributed by atoms with Gasteiger partial charge in [0.2, 0.25) is 5.91 Å². The van der Waals surface area contributed by atoms with E-state index in [1.54, 1.807) is 36.4 Å². The molecule has 0 aliphatic heterocycles. The summed E-state index contributed by atoms with van der Waals surface area (Å²) >= 11 is 0. The van der Waals surface area contributed by atoms with Gasteiger partial charge in [-0.15, -0.1) is 5.10 Å². The second kappa shape index (κ2) is 8.87. The molecule has 0 unspecified atom stereocenters. The molecule has 0 saturated carbocycles. The Morgan fingerprint density at radius 2 is 1.83 bits per heavy atom. The van der Waals surface area contributed by atoms with Gasteiger partial charge in [0.1, 0.15) is 12.3 Å². The number of anilines is 3. The maximum absolute atomic E-state index is 12.6. The molecule has 0 aliphatic carbocycles. The lowest BCUT2D eigenvalue weighted by Gasteiger charge is -2.10. The Morgan fingerprint density at radius 1 is 1.10 bits per heavy atom. The zero-order valence-corrected chi connectivity index (χ0v) is 16.2. The highest BCUT2D eigenvalue weighted by Gasteiger charge is 2.20. The van der Waals surface area contributed by atoms with Crippen LogP contribution in [0.2, 0.25) is 0 Å². The number of nitrogen functional groups attached to an aromatic ring is 1. The maximum Gasteiger partial charge on any atom is 0.280 e. The van der Waals surface area contributed by atoms with Crippen molar-refractivity contribution in [2.45, 2.75) is 20.4 Å². The number of aryl methyl sites for hydroxylation is 1. The first kappa shape index (κ1) is 19.9. The Balaban J connectivity index is 1.68. The van der Waals surface area contributed by atoms with E-state index in [0.29, 0.717) is 23.7 Å². The van der Waals surface area contributed by atoms with E-state index in [-0.39, 0.29) is 24.0 Å². The average molecular weight is 394 g/mol. The van der Waals surface area contributed by atoms with Gasteiger partial charge >= 0.3 is 0 Å². The van der Waals surface area contributed by atoms with Gasteiger partial charge < -0.3 is 21.1 Å². The second-order valence-corrected chi connectivity index (χ2v) is 6.28. The van der Waals surface area contributed by atoms with Crippen LogP contribution in [0.1, 0.15) is 23.0 Å². The van der Waals surface area contributed by atoms with E-state index in [4.69, 9.17) is 10.5 Å². The summed E-state index contributed by atoms with van der Waals surface area (Å²) < 4.78 is 6.66. The SMILES string of the molecule is CCOc1ccccc1NC(=O)c1nnn(CC(=O)Nc2ccc(C)cc2)c1N. The number of para-hydroxylation sites is 2. The molecule has 1 aromatic heterocycles. The van der Waals surface area contributed by atoms with Crippen LogP contribution in [0.15, 0.2) is 48.5 Å². The van der Waals surface area contributed by atoms with Crippen molar-refractivity contribution in [1.82, 2.24) is 15.0 Å². The number of hydrogen-bond donors (Lipinski definition) is 3. The molecule has 0 saturated heterocycles. The fourth-order valence-corrected chi connectivity index (χ4v) is 2.61. The number of carbonyl (C=O) groups is 2. The molecule has 0 radical (unpaired) electrons. The molecular formula is C20H22N6O3. The predicted octanol–water partition coefficient (Wildman–Crippen LogP) is 2.46. The first-order valence-electron chi connectivity index (χ1n) is 9.06. The molecule has 2 aromatic carbocycles. The third-order valence-corrected chi connectivity index (χ3v) is 4.05. The van der Waals surface area contributed by atoms with Crippen molar-refractivity contribution < 1.29 is 14.3 Å². The minimum atomic E-state index is -0.542. The molecule has 9 nitrogen and oxygen atoms in total.